The molecule has 0 saturated carbocycles. The van der Waals surface area contributed by atoms with Gasteiger partial charge in [-0.1, -0.05) is 12.1 Å². The van der Waals surface area contributed by atoms with Crippen molar-refractivity contribution in [2.24, 2.45) is 0 Å². The van der Waals surface area contributed by atoms with E-state index in [4.69, 9.17) is 14.6 Å². The minimum absolute atomic E-state index is 0.0128. The molecule has 14 heteroatoms. The fourth-order valence-electron chi connectivity index (χ4n) is 3.61. The van der Waals surface area contributed by atoms with Gasteiger partial charge in [0, 0.05) is 0 Å². The van der Waals surface area contributed by atoms with Gasteiger partial charge in [-0.25, -0.2) is 0 Å². The van der Waals surface area contributed by atoms with E-state index in [9.17, 15) is 55.5 Å². The molecule has 14 nitrogen and oxygen atoms in total. The van der Waals surface area contributed by atoms with Crippen LogP contribution < -0.4 is 4.74 Å². The van der Waals surface area contributed by atoms with Crippen LogP contribution in [0, 0.1) is 0 Å². The molecule has 0 aliphatic carbocycles. The number of aromatic hydroxyl groups is 1. The predicted molar refractivity (Wildman–Crippen MR) is 118 cm³/mol. The third kappa shape index (κ3) is 5.73. The highest BCUT2D eigenvalue weighted by atomic mass is 16.6. The molecule has 9 atom stereocenters. The number of carbonyl (C=O) groups excluding carboxylic acids is 2. The third-order valence-corrected chi connectivity index (χ3v) is 5.87. The summed E-state index contributed by atoms with van der Waals surface area (Å²) in [6.07, 6.45) is -15.8. The molecule has 0 spiro atoms. The molecule has 1 fully saturated rings. The van der Waals surface area contributed by atoms with Gasteiger partial charge < -0.3 is 60.5 Å². The monoisotopic (exact) mass is 518 g/mol. The Kier molecular flexibility index (Phi) is 10.0. The molecule has 0 aromatic heterocycles. The number of hydrogen-bond donors (Lipinski definition) is 10. The number of rotatable bonds is 11. The van der Waals surface area contributed by atoms with Crippen LogP contribution in [0.5, 0.6) is 11.5 Å². The Hall–Kier alpha value is -2.50. The molecule has 2 rings (SSSR count). The molecule has 1 aromatic carbocycles. The largest absolute Gasteiger partial charge is 0.504 e. The van der Waals surface area contributed by atoms with Crippen LogP contribution in [0.1, 0.15) is 5.56 Å². The fourth-order valence-corrected chi connectivity index (χ4v) is 3.61. The molecule has 10 N–H and O–H groups in total. The Bertz CT molecular complexity index is 949. The van der Waals surface area contributed by atoms with Crippen molar-refractivity contribution in [3.05, 3.63) is 29.8 Å². The highest BCUT2D eigenvalue weighted by molar-refractivity contribution is 6.18. The van der Waals surface area contributed by atoms with Crippen molar-refractivity contribution in [2.75, 3.05) is 20.3 Å². The van der Waals surface area contributed by atoms with Crippen LogP contribution in [0.15, 0.2) is 24.3 Å². The van der Waals surface area contributed by atoms with Gasteiger partial charge in [-0.3, -0.25) is 9.59 Å². The van der Waals surface area contributed by atoms with Gasteiger partial charge >= 0.3 is 0 Å². The lowest BCUT2D eigenvalue weighted by Crippen LogP contribution is -2.69. The summed E-state index contributed by atoms with van der Waals surface area (Å²) in [4.78, 5) is 26.3. The Balaban J connectivity index is 2.51. The number of hydrogen-bond acceptors (Lipinski definition) is 14. The Morgan fingerprint density at radius 2 is 1.75 bits per heavy atom. The second kappa shape index (κ2) is 12.2. The maximum absolute atomic E-state index is 13.3. The van der Waals surface area contributed by atoms with Crippen molar-refractivity contribution in [3.8, 4) is 11.5 Å². The second-order valence-corrected chi connectivity index (χ2v) is 8.19. The van der Waals surface area contributed by atoms with Crippen molar-refractivity contribution in [3.63, 3.8) is 0 Å². The standard InChI is InChI=1S/C22H30O14/c1-35-12-6-9(2-4-10(12)25)3-5-14(27)22(34,20(32)15(28)11(26)7-23)21(33)19-18(31)17(30)16(29)13(8-24)36-19/h2-6,11,13,15-20,23-26,28-32,34H,7-8H2,1H3/b5-3+/t11-,13-,15+,16+,17+,18-,19?,20+,22-/m1/s1. The molecule has 1 unspecified atom stereocenters. The smallest absolute Gasteiger partial charge is 0.216 e. The molecule has 1 aliphatic rings. The highest BCUT2D eigenvalue weighted by Crippen LogP contribution is 2.30. The van der Waals surface area contributed by atoms with E-state index in [-0.39, 0.29) is 17.1 Å². The Labute approximate surface area is 204 Å². The molecule has 0 amide bonds. The van der Waals surface area contributed by atoms with Crippen LogP contribution in [0.2, 0.25) is 0 Å². The summed E-state index contributed by atoms with van der Waals surface area (Å²) < 4.78 is 10.00. The van der Waals surface area contributed by atoms with Gasteiger partial charge in [-0.05, 0) is 23.8 Å². The minimum Gasteiger partial charge on any atom is -0.504 e. The van der Waals surface area contributed by atoms with Gasteiger partial charge in [0.2, 0.25) is 11.4 Å². The number of carbonyl (C=O) groups is 2. The van der Waals surface area contributed by atoms with Crippen LogP contribution in [-0.2, 0) is 14.3 Å². The molecule has 202 valence electrons. The fraction of sp³-hybridized carbons (Fsp3) is 0.545. The number of ether oxygens (including phenoxy) is 2. The van der Waals surface area contributed by atoms with Crippen LogP contribution >= 0.6 is 0 Å². The topological polar surface area (TPSA) is 255 Å². The molecule has 0 radical (unpaired) electrons. The van der Waals surface area contributed by atoms with Crippen molar-refractivity contribution in [1.82, 2.24) is 0 Å². The molecule has 1 aliphatic heterocycles. The quantitative estimate of drug-likeness (QED) is 0.0974. The summed E-state index contributed by atoms with van der Waals surface area (Å²) in [6, 6.07) is 3.81. The summed E-state index contributed by atoms with van der Waals surface area (Å²) >= 11 is 0. The van der Waals surface area contributed by atoms with Crippen LogP contribution in [0.25, 0.3) is 6.08 Å². The zero-order valence-corrected chi connectivity index (χ0v) is 19.0. The lowest BCUT2D eigenvalue weighted by molar-refractivity contribution is -0.236. The normalized spacial score (nSPS) is 28.8. The first-order chi connectivity index (χ1) is 16.8. The number of ketones is 2. The van der Waals surface area contributed by atoms with Crippen molar-refractivity contribution in [1.29, 1.82) is 0 Å². The number of aliphatic hydroxyl groups is 9. The van der Waals surface area contributed by atoms with Crippen molar-refractivity contribution >= 4 is 17.6 Å². The molecular weight excluding hydrogens is 488 g/mol. The number of Topliss-reactive ketones (excluding diaryl/α,β-unsaturated/α-hetero) is 1. The van der Waals surface area contributed by atoms with Gasteiger partial charge in [-0.15, -0.1) is 0 Å². The zero-order valence-electron chi connectivity index (χ0n) is 19.0. The number of methoxy groups -OCH3 is 1. The van der Waals surface area contributed by atoms with Crippen molar-refractivity contribution < 1.29 is 70.1 Å². The first-order valence-electron chi connectivity index (χ1n) is 10.7. The lowest BCUT2D eigenvalue weighted by atomic mass is 9.78. The predicted octanol–water partition coefficient (Wildman–Crippen LogP) is -4.80. The second-order valence-electron chi connectivity index (χ2n) is 8.19. The van der Waals surface area contributed by atoms with Crippen molar-refractivity contribution in [2.45, 2.75) is 54.4 Å². The minimum atomic E-state index is -3.62. The number of aliphatic hydroxyl groups excluding tert-OH is 8. The van der Waals surface area contributed by atoms with E-state index in [1.165, 1.54) is 25.3 Å². The molecule has 36 heavy (non-hydrogen) atoms. The van der Waals surface area contributed by atoms with Gasteiger partial charge in [-0.2, -0.15) is 0 Å². The molecular formula is C22H30O14. The Morgan fingerprint density at radius 1 is 1.11 bits per heavy atom. The summed E-state index contributed by atoms with van der Waals surface area (Å²) in [5, 5.41) is 99.7. The van der Waals surface area contributed by atoms with Gasteiger partial charge in [0.25, 0.3) is 0 Å². The summed E-state index contributed by atoms with van der Waals surface area (Å²) in [5.41, 5.74) is -3.41. The number of benzene rings is 1. The van der Waals surface area contributed by atoms with E-state index >= 15 is 0 Å². The molecule has 1 saturated heterocycles. The van der Waals surface area contributed by atoms with E-state index in [1.54, 1.807) is 0 Å². The molecule has 1 heterocycles. The van der Waals surface area contributed by atoms with E-state index in [1.807, 2.05) is 0 Å². The number of phenolic OH excluding ortho intramolecular Hbond substituents is 1. The summed E-state index contributed by atoms with van der Waals surface area (Å²) in [5.74, 6) is -3.58. The first kappa shape index (κ1) is 29.7. The first-order valence-corrected chi connectivity index (χ1v) is 10.7. The van der Waals surface area contributed by atoms with Crippen LogP contribution in [0.4, 0.5) is 0 Å². The van der Waals surface area contributed by atoms with Crippen LogP contribution in [-0.4, -0.2) is 137 Å². The van der Waals surface area contributed by atoms with E-state index in [2.05, 4.69) is 0 Å². The highest BCUT2D eigenvalue weighted by Gasteiger charge is 2.59. The van der Waals surface area contributed by atoms with E-state index in [0.717, 1.165) is 6.08 Å². The summed E-state index contributed by atoms with van der Waals surface area (Å²) in [7, 11) is 1.26. The zero-order chi connectivity index (χ0) is 27.4. The third-order valence-electron chi connectivity index (χ3n) is 5.87. The van der Waals surface area contributed by atoms with E-state index < -0.39 is 79.2 Å². The lowest BCUT2D eigenvalue weighted by Gasteiger charge is -2.42. The van der Waals surface area contributed by atoms with Crippen LogP contribution in [0.3, 0.4) is 0 Å². The maximum atomic E-state index is 13.3. The van der Waals surface area contributed by atoms with Gasteiger partial charge in [0.15, 0.2) is 17.3 Å². The SMILES string of the molecule is COc1cc(/C=C/C(=O)[C@](O)(C(=O)C2O[C@H](CO)[C@H](O)[C@H](O)[C@H]2O)[C@@H](O)[C@@H](O)[C@H](O)CO)ccc1O. The average molecular weight is 518 g/mol. The van der Waals surface area contributed by atoms with Gasteiger partial charge in [0.05, 0.1) is 20.3 Å². The molecule has 1 aromatic rings. The maximum Gasteiger partial charge on any atom is 0.216 e. The Morgan fingerprint density at radius 3 is 2.31 bits per heavy atom. The van der Waals surface area contributed by atoms with Gasteiger partial charge in [0.1, 0.15) is 48.8 Å². The average Bonchev–Trinajstić information content (AvgIpc) is 2.88. The molecule has 0 bridgehead atoms. The van der Waals surface area contributed by atoms with E-state index in [0.29, 0.717) is 6.08 Å². The number of phenols is 1. The summed E-state index contributed by atoms with van der Waals surface area (Å²) in [6.45, 7) is -2.09.